The normalized spacial score (nSPS) is 20.6. The summed E-state index contributed by atoms with van der Waals surface area (Å²) in [7, 11) is 0. The van der Waals surface area contributed by atoms with E-state index in [4.69, 9.17) is 4.74 Å². The standard InChI is InChI=1S/C41H74O5/c1-4-6-8-10-11-12-13-14-15-16-17-18-22-26-32-46-41(45)29-25-21-20-24-28-37-38(40(44)34-39(37)43)31-30-36(33-35(3)42)27-23-19-9-7-5-2/h12-13,20,24,36-40,43-44H,4-11,14-19,21-23,25-34H2,1-3H3/b13-12-,24-20-/t36-,37+,38+,39-,40+/m0/s1. The van der Waals surface area contributed by atoms with Crippen molar-refractivity contribution in [2.45, 2.75) is 200 Å². The minimum Gasteiger partial charge on any atom is -0.466 e. The van der Waals surface area contributed by atoms with Crippen LogP contribution in [-0.4, -0.2) is 40.8 Å². The minimum absolute atomic E-state index is 0.0562. The van der Waals surface area contributed by atoms with E-state index < -0.39 is 12.2 Å². The summed E-state index contributed by atoms with van der Waals surface area (Å²) in [6, 6.07) is 0. The zero-order valence-corrected chi connectivity index (χ0v) is 30.4. The highest BCUT2D eigenvalue weighted by Gasteiger charge is 2.40. The molecule has 0 aromatic carbocycles. The zero-order valence-electron chi connectivity index (χ0n) is 30.4. The third kappa shape index (κ3) is 23.0. The summed E-state index contributed by atoms with van der Waals surface area (Å²) in [4.78, 5) is 24.0. The van der Waals surface area contributed by atoms with Gasteiger partial charge in [0.25, 0.3) is 0 Å². The molecule has 0 radical (unpaired) electrons. The smallest absolute Gasteiger partial charge is 0.305 e. The molecule has 1 aliphatic rings. The quantitative estimate of drug-likeness (QED) is 0.0445. The van der Waals surface area contributed by atoms with Crippen molar-refractivity contribution in [3.05, 3.63) is 24.3 Å². The lowest BCUT2D eigenvalue weighted by atomic mass is 9.82. The van der Waals surface area contributed by atoms with Gasteiger partial charge < -0.3 is 19.7 Å². The summed E-state index contributed by atoms with van der Waals surface area (Å²) in [5.41, 5.74) is 0. The Morgan fingerprint density at radius 1 is 0.674 bits per heavy atom. The number of ether oxygens (including phenoxy) is 1. The molecule has 2 N–H and O–H groups in total. The summed E-state index contributed by atoms with van der Waals surface area (Å²) in [5.74, 6) is 0.667. The fourth-order valence-corrected chi connectivity index (χ4v) is 7.12. The largest absolute Gasteiger partial charge is 0.466 e. The predicted molar refractivity (Wildman–Crippen MR) is 194 cm³/mol. The van der Waals surface area contributed by atoms with E-state index in [1.54, 1.807) is 6.92 Å². The molecule has 268 valence electrons. The lowest BCUT2D eigenvalue weighted by molar-refractivity contribution is -0.143. The number of Topliss-reactive ketones (excluding diaryl/α,β-unsaturated/α-hetero) is 1. The van der Waals surface area contributed by atoms with Gasteiger partial charge in [-0.15, -0.1) is 0 Å². The van der Waals surface area contributed by atoms with Crippen LogP contribution in [0.15, 0.2) is 24.3 Å². The second-order valence-electron chi connectivity index (χ2n) is 14.3. The van der Waals surface area contributed by atoms with Gasteiger partial charge in [0.15, 0.2) is 0 Å². The number of esters is 1. The Labute approximate surface area is 284 Å². The molecule has 0 aliphatic heterocycles. The Morgan fingerprint density at radius 2 is 1.22 bits per heavy atom. The fraction of sp³-hybridized carbons (Fsp3) is 0.854. The van der Waals surface area contributed by atoms with Crippen LogP contribution in [0, 0.1) is 17.8 Å². The van der Waals surface area contributed by atoms with Gasteiger partial charge in [-0.25, -0.2) is 0 Å². The van der Waals surface area contributed by atoms with Crippen LogP contribution in [0.5, 0.6) is 0 Å². The van der Waals surface area contributed by atoms with Gasteiger partial charge in [0, 0.05) is 12.8 Å². The highest BCUT2D eigenvalue weighted by Crippen LogP contribution is 2.39. The number of allylic oxidation sites excluding steroid dienone is 4. The molecule has 1 aliphatic carbocycles. The van der Waals surface area contributed by atoms with E-state index >= 15 is 0 Å². The Balaban J connectivity index is 2.14. The highest BCUT2D eigenvalue weighted by atomic mass is 16.5. The molecule has 5 atom stereocenters. The van der Waals surface area contributed by atoms with Crippen molar-refractivity contribution in [2.75, 3.05) is 6.61 Å². The summed E-state index contributed by atoms with van der Waals surface area (Å²) in [6.45, 7) is 6.70. The van der Waals surface area contributed by atoms with Crippen LogP contribution < -0.4 is 0 Å². The van der Waals surface area contributed by atoms with Crippen molar-refractivity contribution in [3.63, 3.8) is 0 Å². The third-order valence-corrected chi connectivity index (χ3v) is 9.97. The lowest BCUT2D eigenvalue weighted by Crippen LogP contribution is -2.23. The topological polar surface area (TPSA) is 83.8 Å². The average Bonchev–Trinajstić information content (AvgIpc) is 3.30. The van der Waals surface area contributed by atoms with E-state index in [1.807, 2.05) is 0 Å². The number of unbranched alkanes of at least 4 members (excludes halogenated alkanes) is 15. The first-order valence-electron chi connectivity index (χ1n) is 19.7. The number of carbonyl (C=O) groups excluding carboxylic acids is 2. The molecule has 0 aromatic heterocycles. The van der Waals surface area contributed by atoms with Crippen molar-refractivity contribution in [2.24, 2.45) is 17.8 Å². The monoisotopic (exact) mass is 647 g/mol. The average molecular weight is 647 g/mol. The van der Waals surface area contributed by atoms with Crippen LogP contribution >= 0.6 is 0 Å². The van der Waals surface area contributed by atoms with Crippen LogP contribution in [0.4, 0.5) is 0 Å². The zero-order chi connectivity index (χ0) is 33.7. The van der Waals surface area contributed by atoms with Gasteiger partial charge in [-0.3, -0.25) is 4.79 Å². The number of ketones is 1. The van der Waals surface area contributed by atoms with Crippen LogP contribution in [0.2, 0.25) is 0 Å². The molecule has 0 saturated heterocycles. The molecule has 1 rings (SSSR count). The molecule has 0 heterocycles. The third-order valence-electron chi connectivity index (χ3n) is 9.97. The van der Waals surface area contributed by atoms with Crippen LogP contribution in [0.3, 0.4) is 0 Å². The molecular formula is C41H74O5. The van der Waals surface area contributed by atoms with Crippen molar-refractivity contribution in [1.82, 2.24) is 0 Å². The van der Waals surface area contributed by atoms with E-state index in [0.29, 0.717) is 31.8 Å². The van der Waals surface area contributed by atoms with E-state index in [9.17, 15) is 19.8 Å². The van der Waals surface area contributed by atoms with Gasteiger partial charge in [0.2, 0.25) is 0 Å². The van der Waals surface area contributed by atoms with Gasteiger partial charge in [-0.05, 0) is 95.3 Å². The first-order valence-corrected chi connectivity index (χ1v) is 19.7. The number of aliphatic hydroxyl groups is 2. The van der Waals surface area contributed by atoms with Crippen LogP contribution in [0.1, 0.15) is 188 Å². The van der Waals surface area contributed by atoms with Gasteiger partial charge in [0.05, 0.1) is 18.8 Å². The maximum Gasteiger partial charge on any atom is 0.305 e. The number of aliphatic hydroxyl groups excluding tert-OH is 2. The van der Waals surface area contributed by atoms with Crippen LogP contribution in [-0.2, 0) is 14.3 Å². The Morgan fingerprint density at radius 3 is 1.89 bits per heavy atom. The molecule has 0 spiro atoms. The van der Waals surface area contributed by atoms with Gasteiger partial charge in [-0.1, -0.05) is 122 Å². The fourth-order valence-electron chi connectivity index (χ4n) is 7.12. The second-order valence-corrected chi connectivity index (χ2v) is 14.3. The Kier molecular flexibility index (Phi) is 27.4. The van der Waals surface area contributed by atoms with Crippen molar-refractivity contribution >= 4 is 11.8 Å². The van der Waals surface area contributed by atoms with Gasteiger partial charge in [-0.2, -0.15) is 0 Å². The van der Waals surface area contributed by atoms with Gasteiger partial charge >= 0.3 is 5.97 Å². The predicted octanol–water partition coefficient (Wildman–Crippen LogP) is 11.0. The van der Waals surface area contributed by atoms with Crippen molar-refractivity contribution < 1.29 is 24.5 Å². The Bertz CT molecular complexity index is 790. The maximum atomic E-state index is 12.1. The SMILES string of the molecule is CCCCCC/C=C\CCCCCCCCOC(=O)CCC/C=C\C[C@@H]1[C@@H](CC[C@H](CCCCCCC)CC(C)=O)[C@H](O)C[C@@H]1O. The number of rotatable bonds is 31. The lowest BCUT2D eigenvalue weighted by Gasteiger charge is -2.25. The van der Waals surface area contributed by atoms with Crippen LogP contribution in [0.25, 0.3) is 0 Å². The molecule has 5 nitrogen and oxygen atoms in total. The second kappa shape index (κ2) is 29.7. The van der Waals surface area contributed by atoms with Crippen molar-refractivity contribution in [1.29, 1.82) is 0 Å². The minimum atomic E-state index is -0.480. The molecular weight excluding hydrogens is 572 g/mol. The summed E-state index contributed by atoms with van der Waals surface area (Å²) < 4.78 is 5.43. The molecule has 5 heteroatoms. The van der Waals surface area contributed by atoms with Gasteiger partial charge in [0.1, 0.15) is 5.78 Å². The molecule has 1 fully saturated rings. The van der Waals surface area contributed by atoms with E-state index in [1.165, 1.54) is 96.3 Å². The van der Waals surface area contributed by atoms with E-state index in [2.05, 4.69) is 38.2 Å². The summed E-state index contributed by atoms with van der Waals surface area (Å²) >= 11 is 0. The molecule has 0 unspecified atom stereocenters. The van der Waals surface area contributed by atoms with E-state index in [-0.39, 0.29) is 23.6 Å². The summed E-state index contributed by atoms with van der Waals surface area (Å²) in [6.07, 6.45) is 35.9. The first-order chi connectivity index (χ1) is 22.4. The summed E-state index contributed by atoms with van der Waals surface area (Å²) in [5, 5.41) is 21.4. The number of hydrogen-bond donors (Lipinski definition) is 2. The maximum absolute atomic E-state index is 12.1. The molecule has 0 aromatic rings. The molecule has 0 bridgehead atoms. The number of carbonyl (C=O) groups is 2. The van der Waals surface area contributed by atoms with E-state index in [0.717, 1.165) is 51.4 Å². The highest BCUT2D eigenvalue weighted by molar-refractivity contribution is 5.75. The molecule has 0 amide bonds. The Hall–Kier alpha value is -1.46. The number of hydrogen-bond acceptors (Lipinski definition) is 5. The van der Waals surface area contributed by atoms with Crippen molar-refractivity contribution in [3.8, 4) is 0 Å². The molecule has 46 heavy (non-hydrogen) atoms. The molecule has 1 saturated carbocycles. The first kappa shape index (κ1) is 42.6.